The molecule has 0 spiro atoms. The molecule has 0 bridgehead atoms. The van der Waals surface area contributed by atoms with Crippen molar-refractivity contribution in [3.05, 3.63) is 41.3 Å². The summed E-state index contributed by atoms with van der Waals surface area (Å²) < 4.78 is 13.7. The van der Waals surface area contributed by atoms with Crippen molar-refractivity contribution in [2.75, 3.05) is 10.7 Å². The van der Waals surface area contributed by atoms with Crippen LogP contribution in [0.4, 0.5) is 21.8 Å². The summed E-state index contributed by atoms with van der Waals surface area (Å²) in [5.41, 5.74) is 4.36. The fourth-order valence-electron chi connectivity index (χ4n) is 1.55. The zero-order valence-corrected chi connectivity index (χ0v) is 10.2. The van der Waals surface area contributed by atoms with Gasteiger partial charge in [0.05, 0.1) is 5.69 Å². The number of aryl methyl sites for hydroxylation is 2. The molecule has 2 rings (SSSR count). The first-order valence-corrected chi connectivity index (χ1v) is 5.44. The van der Waals surface area contributed by atoms with Gasteiger partial charge in [-0.15, -0.1) is 0 Å². The summed E-state index contributed by atoms with van der Waals surface area (Å²) in [6.45, 7) is 3.66. The molecule has 0 aliphatic rings. The quantitative estimate of drug-likeness (QED) is 0.573. The molecular formula is C12H14FN5. The molecule has 1 heterocycles. The number of hydrogen-bond acceptors (Lipinski definition) is 5. The van der Waals surface area contributed by atoms with E-state index in [1.807, 2.05) is 19.9 Å². The third-order valence-electron chi connectivity index (χ3n) is 2.57. The van der Waals surface area contributed by atoms with Crippen molar-refractivity contribution in [1.29, 1.82) is 0 Å². The molecule has 6 heteroatoms. The minimum absolute atomic E-state index is 0.275. The average molecular weight is 247 g/mol. The molecule has 0 amide bonds. The van der Waals surface area contributed by atoms with Gasteiger partial charge in [-0.25, -0.2) is 15.2 Å². The Balaban J connectivity index is 2.39. The molecule has 1 aromatic carbocycles. The summed E-state index contributed by atoms with van der Waals surface area (Å²) in [6.07, 6.45) is 1.61. The number of rotatable bonds is 3. The predicted molar refractivity (Wildman–Crippen MR) is 69.0 cm³/mol. The minimum atomic E-state index is -0.324. The summed E-state index contributed by atoms with van der Waals surface area (Å²) in [5.74, 6) is 5.72. The van der Waals surface area contributed by atoms with Gasteiger partial charge in [-0.2, -0.15) is 4.98 Å². The van der Waals surface area contributed by atoms with Crippen molar-refractivity contribution in [3.63, 3.8) is 0 Å². The van der Waals surface area contributed by atoms with Crippen LogP contribution in [0.3, 0.4) is 0 Å². The van der Waals surface area contributed by atoms with Gasteiger partial charge in [-0.1, -0.05) is 12.1 Å². The average Bonchev–Trinajstić information content (AvgIpc) is 2.36. The van der Waals surface area contributed by atoms with E-state index >= 15 is 0 Å². The van der Waals surface area contributed by atoms with E-state index < -0.39 is 0 Å². The second-order valence-corrected chi connectivity index (χ2v) is 3.93. The van der Waals surface area contributed by atoms with Crippen LogP contribution in [0.15, 0.2) is 24.4 Å². The van der Waals surface area contributed by atoms with Crippen LogP contribution < -0.4 is 16.6 Å². The molecule has 0 fully saturated rings. The lowest BCUT2D eigenvalue weighted by molar-refractivity contribution is 0.630. The van der Waals surface area contributed by atoms with E-state index in [2.05, 4.69) is 20.7 Å². The highest BCUT2D eigenvalue weighted by Crippen LogP contribution is 2.24. The number of para-hydroxylation sites is 1. The summed E-state index contributed by atoms with van der Waals surface area (Å²) in [7, 11) is 0. The zero-order chi connectivity index (χ0) is 13.1. The Morgan fingerprint density at radius 1 is 1.22 bits per heavy atom. The SMILES string of the molecule is Cc1cnc(NN)nc1Nc1c(C)cccc1F. The monoisotopic (exact) mass is 247 g/mol. The Kier molecular flexibility index (Phi) is 3.38. The fraction of sp³-hybridized carbons (Fsp3) is 0.167. The van der Waals surface area contributed by atoms with Crippen LogP contribution in [0.25, 0.3) is 0 Å². The molecule has 4 N–H and O–H groups in total. The predicted octanol–water partition coefficient (Wildman–Crippen LogP) is 2.26. The van der Waals surface area contributed by atoms with E-state index in [9.17, 15) is 4.39 Å². The third kappa shape index (κ3) is 2.38. The largest absolute Gasteiger partial charge is 0.337 e. The van der Waals surface area contributed by atoms with Gasteiger partial charge in [0.25, 0.3) is 0 Å². The number of aromatic nitrogens is 2. The van der Waals surface area contributed by atoms with E-state index in [1.165, 1.54) is 6.07 Å². The Hall–Kier alpha value is -2.21. The Bertz CT molecular complexity index is 550. The first-order chi connectivity index (χ1) is 8.61. The van der Waals surface area contributed by atoms with Gasteiger partial charge < -0.3 is 5.32 Å². The van der Waals surface area contributed by atoms with E-state index in [0.717, 1.165) is 11.1 Å². The van der Waals surface area contributed by atoms with Crippen molar-refractivity contribution in [2.24, 2.45) is 5.84 Å². The van der Waals surface area contributed by atoms with Gasteiger partial charge in [-0.3, -0.25) is 5.43 Å². The third-order valence-corrected chi connectivity index (χ3v) is 2.57. The summed E-state index contributed by atoms with van der Waals surface area (Å²) >= 11 is 0. The van der Waals surface area contributed by atoms with Crippen molar-refractivity contribution in [1.82, 2.24) is 9.97 Å². The lowest BCUT2D eigenvalue weighted by Gasteiger charge is -2.12. The molecule has 0 unspecified atom stereocenters. The van der Waals surface area contributed by atoms with Gasteiger partial charge in [-0.05, 0) is 25.5 Å². The second-order valence-electron chi connectivity index (χ2n) is 3.93. The van der Waals surface area contributed by atoms with Gasteiger partial charge in [0, 0.05) is 11.8 Å². The van der Waals surface area contributed by atoms with E-state index in [0.29, 0.717) is 11.5 Å². The lowest BCUT2D eigenvalue weighted by Crippen LogP contribution is -2.12. The minimum Gasteiger partial charge on any atom is -0.337 e. The molecular weight excluding hydrogens is 233 g/mol. The van der Waals surface area contributed by atoms with Crippen LogP contribution in [-0.2, 0) is 0 Å². The molecule has 0 aliphatic carbocycles. The number of anilines is 3. The smallest absolute Gasteiger partial charge is 0.239 e. The number of benzene rings is 1. The molecule has 5 nitrogen and oxygen atoms in total. The molecule has 94 valence electrons. The first kappa shape index (κ1) is 12.3. The highest BCUT2D eigenvalue weighted by atomic mass is 19.1. The van der Waals surface area contributed by atoms with Crippen molar-refractivity contribution < 1.29 is 4.39 Å². The van der Waals surface area contributed by atoms with Gasteiger partial charge in [0.1, 0.15) is 11.6 Å². The van der Waals surface area contributed by atoms with Crippen LogP contribution in [0.5, 0.6) is 0 Å². The Morgan fingerprint density at radius 2 is 2.00 bits per heavy atom. The molecule has 0 saturated carbocycles. The van der Waals surface area contributed by atoms with Crippen molar-refractivity contribution in [2.45, 2.75) is 13.8 Å². The molecule has 0 aliphatic heterocycles. The summed E-state index contributed by atoms with van der Waals surface area (Å²) in [5, 5.41) is 2.96. The molecule has 0 atom stereocenters. The normalized spacial score (nSPS) is 10.2. The summed E-state index contributed by atoms with van der Waals surface area (Å²) in [4.78, 5) is 8.11. The van der Waals surface area contributed by atoms with E-state index in [1.54, 1.807) is 12.3 Å². The van der Waals surface area contributed by atoms with Crippen LogP contribution in [0, 0.1) is 19.7 Å². The van der Waals surface area contributed by atoms with Crippen LogP contribution in [-0.4, -0.2) is 9.97 Å². The number of nitrogens with one attached hydrogen (secondary N) is 2. The van der Waals surface area contributed by atoms with E-state index in [-0.39, 0.29) is 11.8 Å². The number of hydrazine groups is 1. The van der Waals surface area contributed by atoms with Gasteiger partial charge in [0.2, 0.25) is 5.95 Å². The molecule has 1 aromatic heterocycles. The molecule has 2 aromatic rings. The molecule has 18 heavy (non-hydrogen) atoms. The number of nitrogens with zero attached hydrogens (tertiary/aromatic N) is 2. The van der Waals surface area contributed by atoms with Gasteiger partial charge >= 0.3 is 0 Å². The van der Waals surface area contributed by atoms with Crippen molar-refractivity contribution in [3.8, 4) is 0 Å². The Labute approximate surface area is 104 Å². The lowest BCUT2D eigenvalue weighted by atomic mass is 10.2. The number of nitrogens with two attached hydrogens (primary N) is 1. The summed E-state index contributed by atoms with van der Waals surface area (Å²) in [6, 6.07) is 4.88. The maximum absolute atomic E-state index is 13.7. The first-order valence-electron chi connectivity index (χ1n) is 5.44. The maximum atomic E-state index is 13.7. The van der Waals surface area contributed by atoms with Crippen LogP contribution in [0.1, 0.15) is 11.1 Å². The number of nitrogen functional groups attached to an aromatic ring is 1. The Morgan fingerprint density at radius 3 is 2.67 bits per heavy atom. The standard InChI is InChI=1S/C12H14FN5/c1-7-4-3-5-9(13)10(7)16-11-8(2)6-15-12(17-11)18-14/h3-6H,14H2,1-2H3,(H2,15,16,17,18). The number of hydrogen-bond donors (Lipinski definition) is 3. The van der Waals surface area contributed by atoms with Crippen molar-refractivity contribution >= 4 is 17.5 Å². The topological polar surface area (TPSA) is 75.9 Å². The van der Waals surface area contributed by atoms with E-state index in [4.69, 9.17) is 5.84 Å². The maximum Gasteiger partial charge on any atom is 0.239 e. The van der Waals surface area contributed by atoms with Crippen LogP contribution in [0.2, 0.25) is 0 Å². The molecule has 0 saturated heterocycles. The fourth-order valence-corrected chi connectivity index (χ4v) is 1.55. The number of halogens is 1. The highest BCUT2D eigenvalue weighted by molar-refractivity contribution is 5.63. The van der Waals surface area contributed by atoms with Crippen LogP contribution >= 0.6 is 0 Å². The molecule has 0 radical (unpaired) electrons. The van der Waals surface area contributed by atoms with Gasteiger partial charge in [0.15, 0.2) is 0 Å². The second kappa shape index (κ2) is 4.97. The zero-order valence-electron chi connectivity index (χ0n) is 10.2. The highest BCUT2D eigenvalue weighted by Gasteiger charge is 2.09.